The van der Waals surface area contributed by atoms with Crippen molar-refractivity contribution in [1.82, 2.24) is 5.32 Å². The maximum absolute atomic E-state index is 12.6. The highest BCUT2D eigenvalue weighted by molar-refractivity contribution is 5.79. The summed E-state index contributed by atoms with van der Waals surface area (Å²) in [4.78, 5) is 24.1. The van der Waals surface area contributed by atoms with Crippen molar-refractivity contribution >= 4 is 11.9 Å². The van der Waals surface area contributed by atoms with Crippen LogP contribution in [0, 0.1) is 5.92 Å². The Morgan fingerprint density at radius 3 is 2.04 bits per heavy atom. The highest BCUT2D eigenvalue weighted by Gasteiger charge is 2.30. The van der Waals surface area contributed by atoms with Crippen molar-refractivity contribution in [3.63, 3.8) is 0 Å². The third-order valence-electron chi connectivity index (χ3n) is 4.52. The Bertz CT molecular complexity index is 710. The second-order valence-corrected chi connectivity index (χ2v) is 7.01. The zero-order chi connectivity index (χ0) is 18.4. The fourth-order valence-electron chi connectivity index (χ4n) is 2.92. The number of carbonyl (C=O) groups is 2. The van der Waals surface area contributed by atoms with Crippen LogP contribution in [0.15, 0.2) is 60.7 Å². The number of hydrogen-bond donors (Lipinski definition) is 2. The van der Waals surface area contributed by atoms with E-state index in [0.29, 0.717) is 0 Å². The number of rotatable bonds is 7. The van der Waals surface area contributed by atoms with E-state index in [1.165, 1.54) is 0 Å². The van der Waals surface area contributed by atoms with Gasteiger partial charge in [-0.3, -0.25) is 9.59 Å². The van der Waals surface area contributed by atoms with Gasteiger partial charge in [-0.05, 0) is 23.5 Å². The maximum Gasteiger partial charge on any atom is 0.308 e. The highest BCUT2D eigenvalue weighted by Crippen LogP contribution is 2.28. The Morgan fingerprint density at radius 1 is 1.00 bits per heavy atom. The van der Waals surface area contributed by atoms with Crippen LogP contribution in [0.3, 0.4) is 0 Å². The summed E-state index contributed by atoms with van der Waals surface area (Å²) in [7, 11) is 0. The average Bonchev–Trinajstić information content (AvgIpc) is 2.60. The Kier molecular flexibility index (Phi) is 5.97. The molecule has 2 unspecified atom stereocenters. The van der Waals surface area contributed by atoms with Crippen molar-refractivity contribution in [2.45, 2.75) is 38.6 Å². The number of benzene rings is 2. The Morgan fingerprint density at radius 2 is 1.52 bits per heavy atom. The first-order chi connectivity index (χ1) is 11.8. The number of amides is 1. The van der Waals surface area contributed by atoms with Gasteiger partial charge in [0.25, 0.3) is 0 Å². The molecule has 2 aromatic rings. The molecular weight excluding hydrogens is 314 g/mol. The third kappa shape index (κ3) is 4.92. The first-order valence-electron chi connectivity index (χ1n) is 8.44. The van der Waals surface area contributed by atoms with Gasteiger partial charge in [0, 0.05) is 6.42 Å². The second kappa shape index (κ2) is 7.97. The fourth-order valence-corrected chi connectivity index (χ4v) is 2.92. The molecule has 0 aliphatic carbocycles. The molecule has 132 valence electrons. The highest BCUT2D eigenvalue weighted by atomic mass is 16.4. The van der Waals surface area contributed by atoms with E-state index in [2.05, 4.69) is 5.32 Å². The van der Waals surface area contributed by atoms with Gasteiger partial charge in [-0.1, -0.05) is 74.5 Å². The van der Waals surface area contributed by atoms with Crippen molar-refractivity contribution in [3.05, 3.63) is 71.8 Å². The Hall–Kier alpha value is -2.62. The molecule has 0 spiro atoms. The summed E-state index contributed by atoms with van der Waals surface area (Å²) in [5.41, 5.74) is 1.54. The molecule has 0 heterocycles. The molecule has 0 aliphatic rings. The molecule has 0 fully saturated rings. The zero-order valence-electron chi connectivity index (χ0n) is 14.9. The minimum atomic E-state index is -0.934. The predicted molar refractivity (Wildman–Crippen MR) is 98.2 cm³/mol. The Balaban J connectivity index is 2.16. The smallest absolute Gasteiger partial charge is 0.308 e. The van der Waals surface area contributed by atoms with Crippen LogP contribution in [0.2, 0.25) is 0 Å². The van der Waals surface area contributed by atoms with Crippen LogP contribution in [-0.2, 0) is 15.0 Å². The van der Waals surface area contributed by atoms with Crippen molar-refractivity contribution in [2.75, 3.05) is 0 Å². The van der Waals surface area contributed by atoms with Crippen molar-refractivity contribution in [3.8, 4) is 0 Å². The minimum absolute atomic E-state index is 0.157. The van der Waals surface area contributed by atoms with Crippen LogP contribution < -0.4 is 5.32 Å². The number of carbonyl (C=O) groups excluding carboxylic acids is 1. The van der Waals surface area contributed by atoms with Crippen LogP contribution in [0.5, 0.6) is 0 Å². The molecule has 4 nitrogen and oxygen atoms in total. The van der Waals surface area contributed by atoms with E-state index in [0.717, 1.165) is 11.1 Å². The lowest BCUT2D eigenvalue weighted by atomic mass is 9.81. The van der Waals surface area contributed by atoms with Gasteiger partial charge < -0.3 is 10.4 Å². The number of aliphatic carboxylic acids is 1. The third-order valence-corrected chi connectivity index (χ3v) is 4.52. The summed E-state index contributed by atoms with van der Waals surface area (Å²) in [6.07, 6.45) is 0.284. The molecule has 0 aliphatic heterocycles. The summed E-state index contributed by atoms with van der Waals surface area (Å²) in [6.45, 7) is 5.64. The molecule has 2 rings (SSSR count). The van der Waals surface area contributed by atoms with Gasteiger partial charge in [0.2, 0.25) is 5.91 Å². The van der Waals surface area contributed by atoms with Gasteiger partial charge in [0.1, 0.15) is 0 Å². The molecule has 2 N–H and O–H groups in total. The first kappa shape index (κ1) is 18.7. The summed E-state index contributed by atoms with van der Waals surface area (Å²) >= 11 is 0. The quantitative estimate of drug-likeness (QED) is 0.803. The average molecular weight is 339 g/mol. The monoisotopic (exact) mass is 339 g/mol. The van der Waals surface area contributed by atoms with E-state index in [-0.39, 0.29) is 17.7 Å². The lowest BCUT2D eigenvalue weighted by Gasteiger charge is -2.28. The van der Waals surface area contributed by atoms with Gasteiger partial charge in [0.05, 0.1) is 12.0 Å². The number of hydrogen-bond acceptors (Lipinski definition) is 2. The number of nitrogens with one attached hydrogen (secondary N) is 1. The molecule has 0 aromatic heterocycles. The van der Waals surface area contributed by atoms with E-state index < -0.39 is 17.9 Å². The predicted octanol–water partition coefficient (Wildman–Crippen LogP) is 3.93. The van der Waals surface area contributed by atoms with Crippen molar-refractivity contribution in [1.29, 1.82) is 0 Å². The van der Waals surface area contributed by atoms with Crippen LogP contribution >= 0.6 is 0 Å². The molecule has 4 heteroatoms. The van der Waals surface area contributed by atoms with Gasteiger partial charge in [-0.15, -0.1) is 0 Å². The normalized spacial score (nSPS) is 13.7. The van der Waals surface area contributed by atoms with Crippen LogP contribution in [-0.4, -0.2) is 17.0 Å². The number of carboxylic acids is 1. The number of carboxylic acid groups (broad SMARTS) is 1. The van der Waals surface area contributed by atoms with Crippen LogP contribution in [0.1, 0.15) is 44.4 Å². The standard InChI is InChI=1S/C21H25NO3/c1-15(20(24)25)19(16-10-6-4-7-11-16)22-18(23)14-21(2,3)17-12-8-5-9-13-17/h4-13,15,19H,14H2,1-3H3,(H,22,23)(H,24,25). The maximum atomic E-state index is 12.6. The van der Waals surface area contributed by atoms with E-state index in [4.69, 9.17) is 0 Å². The lowest BCUT2D eigenvalue weighted by molar-refractivity contribution is -0.142. The zero-order valence-corrected chi connectivity index (χ0v) is 14.9. The molecule has 0 saturated heterocycles. The molecular formula is C21H25NO3. The lowest BCUT2D eigenvalue weighted by Crippen LogP contribution is -2.38. The molecule has 2 atom stereocenters. The van der Waals surface area contributed by atoms with Gasteiger partial charge in [0.15, 0.2) is 0 Å². The van der Waals surface area contributed by atoms with E-state index in [1.807, 2.05) is 74.5 Å². The van der Waals surface area contributed by atoms with Crippen LogP contribution in [0.25, 0.3) is 0 Å². The molecule has 0 bridgehead atoms. The van der Waals surface area contributed by atoms with Crippen LogP contribution in [0.4, 0.5) is 0 Å². The molecule has 2 aromatic carbocycles. The molecule has 25 heavy (non-hydrogen) atoms. The first-order valence-corrected chi connectivity index (χ1v) is 8.44. The SMILES string of the molecule is CC(C(=O)O)C(NC(=O)CC(C)(C)c1ccccc1)c1ccccc1. The van der Waals surface area contributed by atoms with Gasteiger partial charge in [-0.25, -0.2) is 0 Å². The fraction of sp³-hybridized carbons (Fsp3) is 0.333. The Labute approximate surface area is 148 Å². The second-order valence-electron chi connectivity index (χ2n) is 7.01. The van der Waals surface area contributed by atoms with E-state index in [9.17, 15) is 14.7 Å². The van der Waals surface area contributed by atoms with Gasteiger partial charge >= 0.3 is 5.97 Å². The van der Waals surface area contributed by atoms with Gasteiger partial charge in [-0.2, -0.15) is 0 Å². The largest absolute Gasteiger partial charge is 0.481 e. The van der Waals surface area contributed by atoms with Crippen molar-refractivity contribution < 1.29 is 14.7 Å². The minimum Gasteiger partial charge on any atom is -0.481 e. The summed E-state index contributed by atoms with van der Waals surface area (Å²) < 4.78 is 0. The molecule has 0 radical (unpaired) electrons. The molecule has 0 saturated carbocycles. The topological polar surface area (TPSA) is 66.4 Å². The summed E-state index contributed by atoms with van der Waals surface area (Å²) in [6, 6.07) is 18.5. The van der Waals surface area contributed by atoms with E-state index >= 15 is 0 Å². The summed E-state index contributed by atoms with van der Waals surface area (Å²) in [5.74, 6) is -1.81. The van der Waals surface area contributed by atoms with Crippen molar-refractivity contribution in [2.24, 2.45) is 5.92 Å². The molecule has 1 amide bonds. The summed E-state index contributed by atoms with van der Waals surface area (Å²) in [5, 5.41) is 12.3. The van der Waals surface area contributed by atoms with E-state index in [1.54, 1.807) is 6.92 Å².